The van der Waals surface area contributed by atoms with Crippen LogP contribution < -0.4 is 9.64 Å². The molecule has 10 nitrogen and oxygen atoms in total. The number of phenols is 1. The van der Waals surface area contributed by atoms with Gasteiger partial charge in [0.15, 0.2) is 11.6 Å². The number of nitrogens with zero attached hydrogens (tertiary/aromatic N) is 6. The Morgan fingerprint density at radius 1 is 1.11 bits per heavy atom. The molecule has 45 heavy (non-hydrogen) atoms. The van der Waals surface area contributed by atoms with Crippen molar-refractivity contribution in [1.29, 1.82) is 0 Å². The number of piperazine rings is 2. The van der Waals surface area contributed by atoms with Gasteiger partial charge in [0.2, 0.25) is 11.8 Å². The van der Waals surface area contributed by atoms with E-state index >= 15 is 4.39 Å². The fourth-order valence-corrected chi connectivity index (χ4v) is 7.44. The number of hydrogen-bond acceptors (Lipinski definition) is 8. The van der Waals surface area contributed by atoms with Crippen LogP contribution in [-0.4, -0.2) is 125 Å². The zero-order valence-corrected chi connectivity index (χ0v) is 26.6. The summed E-state index contributed by atoms with van der Waals surface area (Å²) in [6.45, 7) is 13.1. The molecule has 0 spiro atoms. The molecule has 0 aliphatic carbocycles. The third-order valence-electron chi connectivity index (χ3n) is 9.69. The first-order chi connectivity index (χ1) is 21.4. The molecule has 242 valence electrons. The Labute approximate surface area is 266 Å². The highest BCUT2D eigenvalue weighted by Gasteiger charge is 2.45. The Balaban J connectivity index is 1.46. The van der Waals surface area contributed by atoms with Gasteiger partial charge in [-0.15, -0.1) is 0 Å². The molecule has 3 saturated heterocycles. The van der Waals surface area contributed by atoms with Crippen molar-refractivity contribution in [2.45, 2.75) is 44.3 Å². The minimum absolute atomic E-state index is 0.00715. The second-order valence-electron chi connectivity index (χ2n) is 13.0. The van der Waals surface area contributed by atoms with Crippen LogP contribution >= 0.6 is 11.6 Å². The highest BCUT2D eigenvalue weighted by molar-refractivity contribution is 6.35. The molecule has 0 radical (unpaired) electrons. The number of aromatic nitrogens is 1. The second-order valence-corrected chi connectivity index (χ2v) is 13.4. The van der Waals surface area contributed by atoms with Crippen molar-refractivity contribution in [3.05, 3.63) is 47.0 Å². The summed E-state index contributed by atoms with van der Waals surface area (Å²) in [7, 11) is 2.11. The van der Waals surface area contributed by atoms with Crippen molar-refractivity contribution in [2.24, 2.45) is 0 Å². The first-order valence-corrected chi connectivity index (χ1v) is 15.7. The van der Waals surface area contributed by atoms with Gasteiger partial charge in [0.1, 0.15) is 34.7 Å². The Morgan fingerprint density at radius 2 is 1.82 bits per heavy atom. The molecule has 4 aliphatic rings. The lowest BCUT2D eigenvalue weighted by Crippen LogP contribution is -2.59. The highest BCUT2D eigenvalue weighted by atomic mass is 35.5. The molecule has 2 atom stereocenters. The first-order valence-electron chi connectivity index (χ1n) is 15.3. The zero-order chi connectivity index (χ0) is 32.2. The van der Waals surface area contributed by atoms with Crippen LogP contribution in [0.4, 0.5) is 14.6 Å². The lowest BCUT2D eigenvalue weighted by molar-refractivity contribution is -0.141. The number of pyridine rings is 1. The number of rotatable bonds is 4. The van der Waals surface area contributed by atoms with E-state index in [-0.39, 0.29) is 53.9 Å². The SMILES string of the molecule is C=CC(=O)N1CCN2C(=O)Cc3c(N4CC(N5CCN(C)CC5)CC4(C)C)nc(-c4c(F)ccc(F)c4O)c(Cl)c3OC[C@H]2C1. The molecular weight excluding hydrogens is 606 g/mol. The summed E-state index contributed by atoms with van der Waals surface area (Å²) >= 11 is 6.90. The number of amides is 2. The van der Waals surface area contributed by atoms with Crippen LogP contribution in [0.2, 0.25) is 5.02 Å². The van der Waals surface area contributed by atoms with Crippen LogP contribution in [0.1, 0.15) is 25.8 Å². The molecule has 1 aromatic heterocycles. The summed E-state index contributed by atoms with van der Waals surface area (Å²) in [6.07, 6.45) is 1.97. The summed E-state index contributed by atoms with van der Waals surface area (Å²) in [6, 6.07) is 1.50. The van der Waals surface area contributed by atoms with Gasteiger partial charge in [-0.3, -0.25) is 14.5 Å². The summed E-state index contributed by atoms with van der Waals surface area (Å²) in [5, 5.41) is 10.5. The van der Waals surface area contributed by atoms with Gasteiger partial charge in [-0.1, -0.05) is 18.2 Å². The van der Waals surface area contributed by atoms with Crippen molar-refractivity contribution in [3.8, 4) is 22.8 Å². The molecule has 5 heterocycles. The number of likely N-dealkylation sites (N-methyl/N-ethyl adjacent to an activating group) is 1. The van der Waals surface area contributed by atoms with Crippen molar-refractivity contribution in [3.63, 3.8) is 0 Å². The molecule has 2 aromatic rings. The molecule has 0 saturated carbocycles. The summed E-state index contributed by atoms with van der Waals surface area (Å²) < 4.78 is 36.3. The van der Waals surface area contributed by atoms with E-state index in [1.807, 2.05) is 0 Å². The summed E-state index contributed by atoms with van der Waals surface area (Å²) in [4.78, 5) is 41.3. The Kier molecular flexibility index (Phi) is 8.42. The number of benzene rings is 1. The Morgan fingerprint density at radius 3 is 2.53 bits per heavy atom. The van der Waals surface area contributed by atoms with Gasteiger partial charge in [0, 0.05) is 69.5 Å². The number of fused-ring (bicyclic) bond motifs is 2. The van der Waals surface area contributed by atoms with Crippen molar-refractivity contribution in [2.75, 3.05) is 70.9 Å². The van der Waals surface area contributed by atoms with E-state index in [0.29, 0.717) is 31.0 Å². The molecule has 0 bridgehead atoms. The summed E-state index contributed by atoms with van der Waals surface area (Å²) in [5.41, 5.74) is -0.612. The average Bonchev–Trinajstić information content (AvgIpc) is 3.33. The van der Waals surface area contributed by atoms with Crippen molar-refractivity contribution in [1.82, 2.24) is 24.6 Å². The predicted octanol–water partition coefficient (Wildman–Crippen LogP) is 3.15. The van der Waals surface area contributed by atoms with Crippen LogP contribution in [0, 0.1) is 11.6 Å². The van der Waals surface area contributed by atoms with Gasteiger partial charge in [-0.25, -0.2) is 13.8 Å². The molecular formula is C32H39ClF2N6O4. The number of carbonyl (C=O) groups is 2. The topological polar surface area (TPSA) is 92.7 Å². The molecule has 6 rings (SSSR count). The fraction of sp³-hybridized carbons (Fsp3) is 0.531. The van der Waals surface area contributed by atoms with Gasteiger partial charge in [0.05, 0.1) is 18.0 Å². The van der Waals surface area contributed by atoms with E-state index in [2.05, 4.69) is 42.2 Å². The fourth-order valence-electron chi connectivity index (χ4n) is 7.13. The number of hydrogen-bond donors (Lipinski definition) is 1. The maximum atomic E-state index is 15.3. The van der Waals surface area contributed by atoms with Gasteiger partial charge >= 0.3 is 0 Å². The van der Waals surface area contributed by atoms with Crippen LogP contribution in [0.15, 0.2) is 24.8 Å². The summed E-state index contributed by atoms with van der Waals surface area (Å²) in [5.74, 6) is -2.71. The second kappa shape index (κ2) is 12.0. The maximum Gasteiger partial charge on any atom is 0.246 e. The van der Waals surface area contributed by atoms with Crippen LogP contribution in [0.25, 0.3) is 11.3 Å². The number of aromatic hydroxyl groups is 1. The molecule has 3 fully saturated rings. The average molecular weight is 645 g/mol. The standard InChI is InChI=1S/C32H39ClF2N6O4/c1-5-24(42)39-12-13-40-20(16-39)18-45-30-21(14-25(40)43)31(36-28(27(30)33)26-22(34)6-7-23(35)29(26)44)41-17-19(15-32(41,2)3)38-10-8-37(4)9-11-38/h5-7,19-20,44H,1,8-18H2,2-4H3/t19?,20-/m1/s1. The maximum absolute atomic E-state index is 15.3. The molecule has 1 unspecified atom stereocenters. The largest absolute Gasteiger partial charge is 0.504 e. The van der Waals surface area contributed by atoms with Crippen molar-refractivity contribution >= 4 is 29.2 Å². The minimum atomic E-state index is -1.02. The smallest absolute Gasteiger partial charge is 0.246 e. The molecule has 13 heteroatoms. The predicted molar refractivity (Wildman–Crippen MR) is 167 cm³/mol. The highest BCUT2D eigenvalue weighted by Crippen LogP contribution is 2.48. The molecule has 2 amide bonds. The van der Waals surface area contributed by atoms with E-state index in [1.54, 1.807) is 9.80 Å². The quantitative estimate of drug-likeness (QED) is 0.508. The monoisotopic (exact) mass is 644 g/mol. The van der Waals surface area contributed by atoms with Crippen LogP contribution in [0.5, 0.6) is 11.5 Å². The molecule has 1 N–H and O–H groups in total. The zero-order valence-electron chi connectivity index (χ0n) is 25.9. The number of ether oxygens (including phenoxy) is 1. The van der Waals surface area contributed by atoms with Gasteiger partial charge < -0.3 is 29.4 Å². The first kappa shape index (κ1) is 31.5. The van der Waals surface area contributed by atoms with E-state index in [4.69, 9.17) is 21.3 Å². The van der Waals surface area contributed by atoms with E-state index in [1.165, 1.54) is 6.08 Å². The third-order valence-corrected chi connectivity index (χ3v) is 10.0. The van der Waals surface area contributed by atoms with E-state index < -0.39 is 34.5 Å². The number of anilines is 1. The van der Waals surface area contributed by atoms with Crippen molar-refractivity contribution < 1.29 is 28.2 Å². The number of halogens is 3. The van der Waals surface area contributed by atoms with Gasteiger partial charge in [-0.2, -0.15) is 0 Å². The van der Waals surface area contributed by atoms with E-state index in [9.17, 15) is 19.1 Å². The Hall–Kier alpha value is -3.48. The third kappa shape index (κ3) is 5.72. The van der Waals surface area contributed by atoms with Crippen LogP contribution in [0.3, 0.4) is 0 Å². The lowest BCUT2D eigenvalue weighted by Gasteiger charge is -2.43. The van der Waals surface area contributed by atoms with Crippen LogP contribution in [-0.2, 0) is 16.0 Å². The van der Waals surface area contributed by atoms with Gasteiger partial charge in [-0.05, 0) is 45.5 Å². The molecule has 4 aliphatic heterocycles. The lowest BCUT2D eigenvalue weighted by atomic mass is 9.97. The Bertz CT molecular complexity index is 1530. The normalized spacial score (nSPS) is 24.0. The molecule has 1 aromatic carbocycles. The van der Waals surface area contributed by atoms with Gasteiger partial charge in [0.25, 0.3) is 0 Å². The number of carbonyl (C=O) groups excluding carboxylic acids is 2. The number of phenolic OH excluding ortho intramolecular Hbond substituents is 1. The minimum Gasteiger partial charge on any atom is -0.504 e. The van der Waals surface area contributed by atoms with E-state index in [0.717, 1.165) is 44.7 Å².